The molecule has 9 nitrogen and oxygen atoms in total. The van der Waals surface area contributed by atoms with Crippen LogP contribution in [0.1, 0.15) is 17.2 Å². The monoisotopic (exact) mass is 434 g/mol. The summed E-state index contributed by atoms with van der Waals surface area (Å²) >= 11 is 0. The number of nitrogens with one attached hydrogen (secondary N) is 3. The van der Waals surface area contributed by atoms with E-state index in [2.05, 4.69) is 16.2 Å². The lowest BCUT2D eigenvalue weighted by molar-refractivity contribution is -0.124. The maximum Gasteiger partial charge on any atom is 0.238 e. The van der Waals surface area contributed by atoms with E-state index in [1.807, 2.05) is 18.2 Å². The van der Waals surface area contributed by atoms with Crippen molar-refractivity contribution in [3.05, 3.63) is 53.6 Å². The van der Waals surface area contributed by atoms with Gasteiger partial charge in [0.2, 0.25) is 15.9 Å². The molecule has 1 amide bonds. The van der Waals surface area contributed by atoms with Gasteiger partial charge in [-0.25, -0.2) is 19.0 Å². The molecule has 0 spiro atoms. The first-order valence-electron chi connectivity index (χ1n) is 9.43. The van der Waals surface area contributed by atoms with Gasteiger partial charge in [0.05, 0.1) is 31.1 Å². The Kier molecular flexibility index (Phi) is 6.93. The third-order valence-electron chi connectivity index (χ3n) is 5.05. The van der Waals surface area contributed by atoms with E-state index in [-0.39, 0.29) is 22.8 Å². The summed E-state index contributed by atoms with van der Waals surface area (Å²) in [5.74, 6) is 0.855. The van der Waals surface area contributed by atoms with Crippen LogP contribution in [0, 0.1) is 5.92 Å². The lowest BCUT2D eigenvalue weighted by atomic mass is 9.93. The van der Waals surface area contributed by atoms with Crippen LogP contribution in [0.2, 0.25) is 0 Å². The smallest absolute Gasteiger partial charge is 0.238 e. The number of carbonyl (C=O) groups excluding carboxylic acids is 1. The Labute approximate surface area is 176 Å². The van der Waals surface area contributed by atoms with E-state index in [9.17, 15) is 13.2 Å². The minimum absolute atomic E-state index is 0.0659. The van der Waals surface area contributed by atoms with Gasteiger partial charge in [-0.1, -0.05) is 18.2 Å². The van der Waals surface area contributed by atoms with Crippen LogP contribution in [0.25, 0.3) is 0 Å². The fraction of sp³-hybridized carbons (Fsp3) is 0.350. The van der Waals surface area contributed by atoms with Crippen LogP contribution in [-0.4, -0.2) is 41.6 Å². The van der Waals surface area contributed by atoms with Gasteiger partial charge in [0.15, 0.2) is 11.5 Å². The van der Waals surface area contributed by atoms with Gasteiger partial charge in [0.25, 0.3) is 0 Å². The van der Waals surface area contributed by atoms with E-state index in [0.717, 1.165) is 11.1 Å². The fourth-order valence-corrected chi connectivity index (χ4v) is 3.93. The molecule has 2 atom stereocenters. The highest BCUT2D eigenvalue weighted by atomic mass is 32.2. The summed E-state index contributed by atoms with van der Waals surface area (Å²) in [6.45, 7) is 0.927. The average molecular weight is 435 g/mol. The highest BCUT2D eigenvalue weighted by Gasteiger charge is 2.34. The Morgan fingerprint density at radius 1 is 1.13 bits per heavy atom. The maximum absolute atomic E-state index is 12.7. The van der Waals surface area contributed by atoms with Gasteiger partial charge in [-0.05, 0) is 41.8 Å². The molecular weight excluding hydrogens is 408 g/mol. The second-order valence-electron chi connectivity index (χ2n) is 6.95. The number of nitrogens with two attached hydrogens (primary N) is 1. The molecule has 1 aliphatic rings. The number of primary sulfonamides is 1. The number of methoxy groups -OCH3 is 2. The van der Waals surface area contributed by atoms with Gasteiger partial charge >= 0.3 is 0 Å². The Balaban J connectivity index is 1.59. The summed E-state index contributed by atoms with van der Waals surface area (Å²) in [5, 5.41) is 8.05. The third kappa shape index (κ3) is 5.08. The molecule has 1 fully saturated rings. The summed E-state index contributed by atoms with van der Waals surface area (Å²) in [4.78, 5) is 12.8. The van der Waals surface area contributed by atoms with Crippen molar-refractivity contribution in [2.45, 2.75) is 17.4 Å². The van der Waals surface area contributed by atoms with Crippen molar-refractivity contribution in [3.8, 4) is 11.5 Å². The zero-order valence-corrected chi connectivity index (χ0v) is 17.7. The summed E-state index contributed by atoms with van der Waals surface area (Å²) in [6.07, 6.45) is 0.575. The second kappa shape index (κ2) is 9.43. The van der Waals surface area contributed by atoms with Crippen molar-refractivity contribution >= 4 is 15.9 Å². The summed E-state index contributed by atoms with van der Waals surface area (Å²) < 4.78 is 33.2. The normalized spacial score (nSPS) is 18.8. The van der Waals surface area contributed by atoms with Crippen LogP contribution in [0.3, 0.4) is 0 Å². The molecule has 10 heteroatoms. The van der Waals surface area contributed by atoms with Crippen molar-refractivity contribution in [2.24, 2.45) is 11.1 Å². The molecule has 1 heterocycles. The first kappa shape index (κ1) is 22.0. The van der Waals surface area contributed by atoms with E-state index in [1.54, 1.807) is 26.4 Å². The van der Waals surface area contributed by atoms with Crippen molar-refractivity contribution in [1.29, 1.82) is 0 Å². The van der Waals surface area contributed by atoms with E-state index < -0.39 is 10.0 Å². The lowest BCUT2D eigenvalue weighted by Crippen LogP contribution is -2.36. The molecule has 0 aliphatic carbocycles. The first-order chi connectivity index (χ1) is 14.3. The van der Waals surface area contributed by atoms with Gasteiger partial charge in [-0.15, -0.1) is 0 Å². The number of hydrogen-bond acceptors (Lipinski definition) is 7. The van der Waals surface area contributed by atoms with Crippen molar-refractivity contribution in [3.63, 3.8) is 0 Å². The van der Waals surface area contributed by atoms with Crippen molar-refractivity contribution in [1.82, 2.24) is 16.2 Å². The number of carbonyl (C=O) groups is 1. The number of ether oxygens (including phenoxy) is 2. The highest BCUT2D eigenvalue weighted by molar-refractivity contribution is 7.89. The molecule has 30 heavy (non-hydrogen) atoms. The standard InChI is InChI=1S/C20H26N4O5S/c1-28-17-8-5-14(11-18(17)29-2)19-16(12-23-24-19)20(25)22-10-9-13-3-6-15(7-4-13)30(21,26)27/h3-8,11,16,19,23-24H,9-10,12H2,1-2H3,(H,22,25)(H2,21,26,27). The van der Waals surface area contributed by atoms with Crippen LogP contribution >= 0.6 is 0 Å². The molecule has 0 bridgehead atoms. The van der Waals surface area contributed by atoms with Crippen LogP contribution in [0.15, 0.2) is 47.4 Å². The number of amides is 1. The van der Waals surface area contributed by atoms with Crippen molar-refractivity contribution < 1.29 is 22.7 Å². The zero-order chi connectivity index (χ0) is 21.7. The topological polar surface area (TPSA) is 132 Å². The van der Waals surface area contributed by atoms with Crippen LogP contribution in [0.4, 0.5) is 0 Å². The predicted octanol–water partition coefficient (Wildman–Crippen LogP) is 0.475. The molecule has 0 radical (unpaired) electrons. The number of rotatable bonds is 8. The van der Waals surface area contributed by atoms with Crippen molar-refractivity contribution in [2.75, 3.05) is 27.3 Å². The molecule has 2 aromatic rings. The lowest BCUT2D eigenvalue weighted by Gasteiger charge is -2.20. The molecule has 2 unspecified atom stereocenters. The molecule has 0 saturated carbocycles. The van der Waals surface area contributed by atoms with Crippen LogP contribution in [0.5, 0.6) is 11.5 Å². The Morgan fingerprint density at radius 2 is 1.83 bits per heavy atom. The largest absolute Gasteiger partial charge is 0.493 e. The number of sulfonamides is 1. The molecule has 1 saturated heterocycles. The van der Waals surface area contributed by atoms with E-state index in [1.165, 1.54) is 12.1 Å². The summed E-state index contributed by atoms with van der Waals surface area (Å²) in [6, 6.07) is 11.7. The molecule has 2 aromatic carbocycles. The summed E-state index contributed by atoms with van der Waals surface area (Å²) in [7, 11) is -0.561. The van der Waals surface area contributed by atoms with Crippen LogP contribution < -0.4 is 30.8 Å². The predicted molar refractivity (Wildman–Crippen MR) is 111 cm³/mol. The van der Waals surface area contributed by atoms with E-state index in [0.29, 0.717) is 31.0 Å². The second-order valence-corrected chi connectivity index (χ2v) is 8.52. The SMILES string of the molecule is COc1ccc(C2NNCC2C(=O)NCCc2ccc(S(N)(=O)=O)cc2)cc1OC. The Bertz CT molecular complexity index is 995. The molecule has 5 N–H and O–H groups in total. The third-order valence-corrected chi connectivity index (χ3v) is 5.98. The van der Waals surface area contributed by atoms with E-state index in [4.69, 9.17) is 14.6 Å². The number of hydrazine groups is 1. The molecule has 0 aromatic heterocycles. The highest BCUT2D eigenvalue weighted by Crippen LogP contribution is 2.33. The first-order valence-corrected chi connectivity index (χ1v) is 11.0. The van der Waals surface area contributed by atoms with Gasteiger partial charge in [0, 0.05) is 13.1 Å². The fourth-order valence-electron chi connectivity index (χ4n) is 3.41. The van der Waals surface area contributed by atoms with Gasteiger partial charge in [-0.2, -0.15) is 0 Å². The molecular formula is C20H26N4O5S. The minimum Gasteiger partial charge on any atom is -0.493 e. The zero-order valence-electron chi connectivity index (χ0n) is 16.8. The number of benzene rings is 2. The Morgan fingerprint density at radius 3 is 2.47 bits per heavy atom. The van der Waals surface area contributed by atoms with Crippen LogP contribution in [-0.2, 0) is 21.2 Å². The van der Waals surface area contributed by atoms with Gasteiger partial charge in [0.1, 0.15) is 0 Å². The molecule has 3 rings (SSSR count). The maximum atomic E-state index is 12.7. The molecule has 162 valence electrons. The average Bonchev–Trinajstić information content (AvgIpc) is 3.23. The Hall–Kier alpha value is -2.66. The van der Waals surface area contributed by atoms with Gasteiger partial charge < -0.3 is 14.8 Å². The van der Waals surface area contributed by atoms with E-state index >= 15 is 0 Å². The number of hydrogen-bond donors (Lipinski definition) is 4. The van der Waals surface area contributed by atoms with Gasteiger partial charge in [-0.3, -0.25) is 10.2 Å². The quantitative estimate of drug-likeness (QED) is 0.475. The summed E-state index contributed by atoms with van der Waals surface area (Å²) in [5.41, 5.74) is 8.01. The minimum atomic E-state index is -3.71. The molecule has 1 aliphatic heterocycles.